The average molecular weight is 322 g/mol. The molecule has 96 valence electrons. The highest BCUT2D eigenvalue weighted by Crippen LogP contribution is 2.34. The lowest BCUT2D eigenvalue weighted by molar-refractivity contribution is 0.395. The van der Waals surface area contributed by atoms with Gasteiger partial charge < -0.3 is 5.32 Å². The van der Waals surface area contributed by atoms with E-state index in [-0.39, 0.29) is 17.7 Å². The standard InChI is InChI=1S/C10H16BrN3O2S/c1-12-9(7-3-4-17(15,16)6-7)10-8(11)5-13-14(10)2/h5,7,9,12H,3-4,6H2,1-2H3. The van der Waals surface area contributed by atoms with E-state index in [9.17, 15) is 8.42 Å². The first-order chi connectivity index (χ1) is 7.94. The predicted octanol–water partition coefficient (Wildman–Crippen LogP) is 0.878. The summed E-state index contributed by atoms with van der Waals surface area (Å²) in [6.45, 7) is 0. The summed E-state index contributed by atoms with van der Waals surface area (Å²) >= 11 is 3.46. The summed E-state index contributed by atoms with van der Waals surface area (Å²) in [6, 6.07) is 0.0224. The van der Waals surface area contributed by atoms with E-state index in [0.717, 1.165) is 10.2 Å². The number of nitrogens with one attached hydrogen (secondary N) is 1. The second kappa shape index (κ2) is 4.70. The molecule has 5 nitrogen and oxygen atoms in total. The number of rotatable bonds is 3. The van der Waals surface area contributed by atoms with Crippen molar-refractivity contribution in [2.75, 3.05) is 18.6 Å². The Bertz CT molecular complexity index is 492. The molecule has 2 rings (SSSR count). The first-order valence-electron chi connectivity index (χ1n) is 5.49. The zero-order chi connectivity index (χ0) is 12.6. The number of halogens is 1. The van der Waals surface area contributed by atoms with Crippen LogP contribution >= 0.6 is 15.9 Å². The van der Waals surface area contributed by atoms with Gasteiger partial charge in [-0.05, 0) is 35.3 Å². The summed E-state index contributed by atoms with van der Waals surface area (Å²) in [4.78, 5) is 0. The van der Waals surface area contributed by atoms with E-state index in [4.69, 9.17) is 0 Å². The Labute approximate surface area is 110 Å². The highest BCUT2D eigenvalue weighted by Gasteiger charge is 2.35. The van der Waals surface area contributed by atoms with Crippen LogP contribution in [0.15, 0.2) is 10.7 Å². The number of aryl methyl sites for hydroxylation is 1. The first kappa shape index (κ1) is 13.0. The van der Waals surface area contributed by atoms with Crippen LogP contribution in [-0.2, 0) is 16.9 Å². The minimum Gasteiger partial charge on any atom is -0.311 e. The molecule has 2 atom stereocenters. The lowest BCUT2D eigenvalue weighted by Crippen LogP contribution is -2.28. The number of sulfone groups is 1. The van der Waals surface area contributed by atoms with Gasteiger partial charge in [0.25, 0.3) is 0 Å². The summed E-state index contributed by atoms with van der Waals surface area (Å²) < 4.78 is 25.8. The second-order valence-electron chi connectivity index (χ2n) is 4.43. The molecular formula is C10H16BrN3O2S. The molecule has 1 aromatic rings. The maximum atomic E-state index is 11.5. The maximum absolute atomic E-state index is 11.5. The summed E-state index contributed by atoms with van der Waals surface area (Å²) in [7, 11) is 0.873. The van der Waals surface area contributed by atoms with Crippen LogP contribution in [0, 0.1) is 5.92 Å². The number of nitrogens with zero attached hydrogens (tertiary/aromatic N) is 2. The molecule has 1 aliphatic heterocycles. The number of aromatic nitrogens is 2. The van der Waals surface area contributed by atoms with Gasteiger partial charge >= 0.3 is 0 Å². The molecule has 0 bridgehead atoms. The Kier molecular flexibility index (Phi) is 3.61. The SMILES string of the molecule is CNC(c1c(Br)cnn1C)C1CCS(=O)(=O)C1. The molecule has 0 amide bonds. The largest absolute Gasteiger partial charge is 0.311 e. The van der Waals surface area contributed by atoms with Crippen molar-refractivity contribution in [3.05, 3.63) is 16.4 Å². The van der Waals surface area contributed by atoms with E-state index in [1.807, 2.05) is 14.1 Å². The Hall–Kier alpha value is -0.400. The zero-order valence-corrected chi connectivity index (χ0v) is 12.3. The molecule has 17 heavy (non-hydrogen) atoms. The van der Waals surface area contributed by atoms with Gasteiger partial charge in [-0.15, -0.1) is 0 Å². The molecule has 1 aromatic heterocycles. The van der Waals surface area contributed by atoms with E-state index >= 15 is 0 Å². The van der Waals surface area contributed by atoms with Crippen molar-refractivity contribution in [1.29, 1.82) is 0 Å². The molecule has 1 aliphatic rings. The molecule has 2 unspecified atom stereocenters. The molecule has 1 saturated heterocycles. The van der Waals surface area contributed by atoms with Gasteiger partial charge in [-0.1, -0.05) is 0 Å². The molecule has 0 radical (unpaired) electrons. The molecule has 1 N–H and O–H groups in total. The third-order valence-electron chi connectivity index (χ3n) is 3.28. The van der Waals surface area contributed by atoms with Gasteiger partial charge in [0.15, 0.2) is 9.84 Å². The van der Waals surface area contributed by atoms with Gasteiger partial charge in [-0.3, -0.25) is 4.68 Å². The predicted molar refractivity (Wildman–Crippen MR) is 69.5 cm³/mol. The minimum absolute atomic E-state index is 0.0224. The summed E-state index contributed by atoms with van der Waals surface area (Å²) in [5.41, 5.74) is 1.01. The van der Waals surface area contributed by atoms with Crippen LogP contribution in [0.1, 0.15) is 18.2 Å². The van der Waals surface area contributed by atoms with Crippen LogP contribution < -0.4 is 5.32 Å². The first-order valence-corrected chi connectivity index (χ1v) is 8.11. The highest BCUT2D eigenvalue weighted by molar-refractivity contribution is 9.10. The Morgan fingerprint density at radius 3 is 2.76 bits per heavy atom. The van der Waals surface area contributed by atoms with E-state index in [2.05, 4.69) is 26.3 Å². The van der Waals surface area contributed by atoms with Gasteiger partial charge in [0, 0.05) is 7.05 Å². The fourth-order valence-corrected chi connectivity index (χ4v) is 4.89. The van der Waals surface area contributed by atoms with Crippen LogP contribution in [0.25, 0.3) is 0 Å². The third-order valence-corrected chi connectivity index (χ3v) is 5.69. The van der Waals surface area contributed by atoms with Crippen LogP contribution in [0.2, 0.25) is 0 Å². The fourth-order valence-electron chi connectivity index (χ4n) is 2.45. The zero-order valence-electron chi connectivity index (χ0n) is 9.85. The van der Waals surface area contributed by atoms with Gasteiger partial charge in [-0.2, -0.15) is 5.10 Å². The number of hydrogen-bond donors (Lipinski definition) is 1. The van der Waals surface area contributed by atoms with Crippen molar-refractivity contribution >= 4 is 25.8 Å². The topological polar surface area (TPSA) is 64.0 Å². The summed E-state index contributed by atoms with van der Waals surface area (Å²) in [5, 5.41) is 7.38. The molecule has 0 saturated carbocycles. The number of hydrogen-bond acceptors (Lipinski definition) is 4. The molecule has 0 aliphatic carbocycles. The maximum Gasteiger partial charge on any atom is 0.150 e. The minimum atomic E-state index is -2.85. The summed E-state index contributed by atoms with van der Waals surface area (Å²) in [5.74, 6) is 0.679. The van der Waals surface area contributed by atoms with Crippen LogP contribution in [0.3, 0.4) is 0 Å². The normalized spacial score (nSPS) is 25.0. The molecule has 0 aromatic carbocycles. The molecule has 0 spiro atoms. The fraction of sp³-hybridized carbons (Fsp3) is 0.700. The third kappa shape index (κ3) is 2.56. The lowest BCUT2D eigenvalue weighted by Gasteiger charge is -2.22. The smallest absolute Gasteiger partial charge is 0.150 e. The van der Waals surface area contributed by atoms with Crippen molar-refractivity contribution < 1.29 is 8.42 Å². The van der Waals surface area contributed by atoms with Gasteiger partial charge in [0.1, 0.15) is 0 Å². The Morgan fingerprint density at radius 2 is 2.35 bits per heavy atom. The van der Waals surface area contributed by atoms with E-state index in [1.165, 1.54) is 0 Å². The molecule has 2 heterocycles. The van der Waals surface area contributed by atoms with Gasteiger partial charge in [-0.25, -0.2) is 8.42 Å². The van der Waals surface area contributed by atoms with Crippen molar-refractivity contribution in [3.63, 3.8) is 0 Å². The Balaban J connectivity index is 2.29. The Morgan fingerprint density at radius 1 is 1.65 bits per heavy atom. The quantitative estimate of drug-likeness (QED) is 0.897. The van der Waals surface area contributed by atoms with E-state index < -0.39 is 9.84 Å². The second-order valence-corrected chi connectivity index (χ2v) is 7.51. The average Bonchev–Trinajstić information content (AvgIpc) is 2.76. The van der Waals surface area contributed by atoms with Crippen molar-refractivity contribution in [2.24, 2.45) is 13.0 Å². The monoisotopic (exact) mass is 321 g/mol. The van der Waals surface area contributed by atoms with Crippen LogP contribution in [0.4, 0.5) is 0 Å². The summed E-state index contributed by atoms with van der Waals surface area (Å²) in [6.07, 6.45) is 2.45. The lowest BCUT2D eigenvalue weighted by atomic mass is 9.96. The van der Waals surface area contributed by atoms with Gasteiger partial charge in [0.2, 0.25) is 0 Å². The van der Waals surface area contributed by atoms with E-state index in [0.29, 0.717) is 12.2 Å². The van der Waals surface area contributed by atoms with Crippen molar-refractivity contribution in [1.82, 2.24) is 15.1 Å². The van der Waals surface area contributed by atoms with Gasteiger partial charge in [0.05, 0.1) is 33.9 Å². The van der Waals surface area contributed by atoms with E-state index in [1.54, 1.807) is 10.9 Å². The van der Waals surface area contributed by atoms with Crippen molar-refractivity contribution in [3.8, 4) is 0 Å². The van der Waals surface area contributed by atoms with Crippen molar-refractivity contribution in [2.45, 2.75) is 12.5 Å². The molecule has 7 heteroatoms. The highest BCUT2D eigenvalue weighted by atomic mass is 79.9. The molecule has 1 fully saturated rings. The van der Waals surface area contributed by atoms with Crippen LogP contribution in [-0.4, -0.2) is 36.8 Å². The van der Waals surface area contributed by atoms with Crippen LogP contribution in [0.5, 0.6) is 0 Å². The molecular weight excluding hydrogens is 306 g/mol.